The van der Waals surface area contributed by atoms with Crippen LogP contribution in [-0.2, 0) is 0 Å². The van der Waals surface area contributed by atoms with Crippen LogP contribution >= 0.6 is 11.8 Å². The lowest BCUT2D eigenvalue weighted by atomic mass is 10.1. The Morgan fingerprint density at radius 3 is 2.92 bits per heavy atom. The maximum absolute atomic E-state index is 4.15. The Kier molecular flexibility index (Phi) is 4.89. The topological polar surface area (TPSA) is 12.0 Å². The quantitative estimate of drug-likeness (QED) is 0.683. The van der Waals surface area contributed by atoms with Crippen molar-refractivity contribution >= 4 is 11.8 Å². The zero-order valence-corrected chi connectivity index (χ0v) is 9.62. The van der Waals surface area contributed by atoms with Crippen molar-refractivity contribution in [3.05, 3.63) is 12.2 Å². The van der Waals surface area contributed by atoms with Crippen LogP contribution in [0.4, 0.5) is 0 Å². The monoisotopic (exact) mass is 199 g/mol. The van der Waals surface area contributed by atoms with Crippen LogP contribution in [0.1, 0.15) is 32.6 Å². The van der Waals surface area contributed by atoms with Gasteiger partial charge >= 0.3 is 0 Å². The van der Waals surface area contributed by atoms with E-state index in [1.54, 1.807) is 0 Å². The molecular weight excluding hydrogens is 178 g/mol. The molecule has 0 spiro atoms. The molecular formula is C11H21NS. The van der Waals surface area contributed by atoms with Gasteiger partial charge in [-0.1, -0.05) is 25.5 Å². The summed E-state index contributed by atoms with van der Waals surface area (Å²) >= 11 is 1.92. The van der Waals surface area contributed by atoms with E-state index < -0.39 is 0 Å². The summed E-state index contributed by atoms with van der Waals surface area (Å²) in [4.78, 5) is 0. The Balaban J connectivity index is 2.28. The molecule has 1 fully saturated rings. The molecule has 1 aliphatic heterocycles. The van der Waals surface area contributed by atoms with Crippen LogP contribution in [-0.4, -0.2) is 24.1 Å². The van der Waals surface area contributed by atoms with Gasteiger partial charge in [0.2, 0.25) is 0 Å². The third-order valence-corrected chi connectivity index (χ3v) is 3.33. The fourth-order valence-corrected chi connectivity index (χ4v) is 2.45. The maximum Gasteiger partial charge on any atom is 0.0287 e. The van der Waals surface area contributed by atoms with Crippen molar-refractivity contribution in [3.63, 3.8) is 0 Å². The van der Waals surface area contributed by atoms with E-state index >= 15 is 0 Å². The van der Waals surface area contributed by atoms with Gasteiger partial charge in [0.1, 0.15) is 0 Å². The standard InChI is InChI=1S/C11H21NS/c1-4-5-10-8-9(2)11(12-10)6-7-13-3/h10-12H,2,4-8H2,1,3H3/t10-,11-/m0/s1. The maximum atomic E-state index is 4.15. The lowest BCUT2D eigenvalue weighted by molar-refractivity contribution is 0.504. The fourth-order valence-electron chi connectivity index (χ4n) is 1.98. The number of thioether (sulfide) groups is 1. The van der Waals surface area contributed by atoms with Crippen LogP contribution in [0.3, 0.4) is 0 Å². The summed E-state index contributed by atoms with van der Waals surface area (Å²) in [5, 5.41) is 3.66. The summed E-state index contributed by atoms with van der Waals surface area (Å²) in [7, 11) is 0. The van der Waals surface area contributed by atoms with Crippen molar-refractivity contribution in [2.75, 3.05) is 12.0 Å². The van der Waals surface area contributed by atoms with Gasteiger partial charge in [0, 0.05) is 12.1 Å². The van der Waals surface area contributed by atoms with E-state index in [1.807, 2.05) is 11.8 Å². The molecule has 0 amide bonds. The minimum absolute atomic E-state index is 0.601. The van der Waals surface area contributed by atoms with Gasteiger partial charge in [0.15, 0.2) is 0 Å². The van der Waals surface area contributed by atoms with Gasteiger partial charge in [0.05, 0.1) is 0 Å². The van der Waals surface area contributed by atoms with Crippen LogP contribution < -0.4 is 5.32 Å². The summed E-state index contributed by atoms with van der Waals surface area (Å²) in [5.41, 5.74) is 1.42. The summed E-state index contributed by atoms with van der Waals surface area (Å²) in [6, 6.07) is 1.31. The molecule has 1 N–H and O–H groups in total. The highest BCUT2D eigenvalue weighted by molar-refractivity contribution is 7.98. The second-order valence-electron chi connectivity index (χ2n) is 3.85. The second kappa shape index (κ2) is 5.71. The highest BCUT2D eigenvalue weighted by atomic mass is 32.2. The minimum atomic E-state index is 0.601. The van der Waals surface area contributed by atoms with Crippen LogP contribution in [0.5, 0.6) is 0 Å². The average Bonchev–Trinajstić information content (AvgIpc) is 2.44. The molecule has 0 unspecified atom stereocenters. The summed E-state index contributed by atoms with van der Waals surface area (Å²) in [5.74, 6) is 1.25. The molecule has 1 saturated heterocycles. The normalized spacial score (nSPS) is 28.3. The van der Waals surface area contributed by atoms with E-state index in [2.05, 4.69) is 25.1 Å². The van der Waals surface area contributed by atoms with Gasteiger partial charge in [0.25, 0.3) is 0 Å². The molecule has 1 heterocycles. The first-order valence-electron chi connectivity index (χ1n) is 5.20. The third-order valence-electron chi connectivity index (χ3n) is 2.69. The molecule has 2 heteroatoms. The minimum Gasteiger partial charge on any atom is -0.307 e. The Labute approximate surface area is 86.4 Å². The van der Waals surface area contributed by atoms with E-state index in [1.165, 1.54) is 37.0 Å². The summed E-state index contributed by atoms with van der Waals surface area (Å²) in [6.07, 6.45) is 7.20. The average molecular weight is 199 g/mol. The molecule has 0 saturated carbocycles. The van der Waals surface area contributed by atoms with Crippen molar-refractivity contribution in [3.8, 4) is 0 Å². The van der Waals surface area contributed by atoms with Gasteiger partial charge in [-0.05, 0) is 31.3 Å². The van der Waals surface area contributed by atoms with Gasteiger partial charge in [-0.2, -0.15) is 11.8 Å². The van der Waals surface area contributed by atoms with Crippen LogP contribution in [0.15, 0.2) is 12.2 Å². The zero-order valence-electron chi connectivity index (χ0n) is 8.81. The Bertz CT molecular complexity index is 167. The fraction of sp³-hybridized carbons (Fsp3) is 0.818. The number of hydrogen-bond acceptors (Lipinski definition) is 2. The number of rotatable bonds is 5. The number of hydrogen-bond donors (Lipinski definition) is 1. The summed E-state index contributed by atoms with van der Waals surface area (Å²) in [6.45, 7) is 6.40. The van der Waals surface area contributed by atoms with Crippen molar-refractivity contribution in [1.82, 2.24) is 5.32 Å². The molecule has 0 radical (unpaired) electrons. The van der Waals surface area contributed by atoms with Gasteiger partial charge in [-0.3, -0.25) is 0 Å². The van der Waals surface area contributed by atoms with E-state index in [-0.39, 0.29) is 0 Å². The molecule has 0 aromatic carbocycles. The molecule has 0 bridgehead atoms. The molecule has 1 nitrogen and oxygen atoms in total. The molecule has 0 aliphatic carbocycles. The largest absolute Gasteiger partial charge is 0.307 e. The van der Waals surface area contributed by atoms with Crippen LogP contribution in [0, 0.1) is 0 Å². The Hall–Kier alpha value is 0.0500. The lowest BCUT2D eigenvalue weighted by Gasteiger charge is -2.12. The van der Waals surface area contributed by atoms with Crippen molar-refractivity contribution in [2.24, 2.45) is 0 Å². The highest BCUT2D eigenvalue weighted by Crippen LogP contribution is 2.23. The molecule has 13 heavy (non-hydrogen) atoms. The molecule has 2 atom stereocenters. The van der Waals surface area contributed by atoms with Gasteiger partial charge in [-0.25, -0.2) is 0 Å². The highest BCUT2D eigenvalue weighted by Gasteiger charge is 2.25. The van der Waals surface area contributed by atoms with Crippen molar-refractivity contribution in [1.29, 1.82) is 0 Å². The van der Waals surface area contributed by atoms with Crippen LogP contribution in [0.25, 0.3) is 0 Å². The molecule has 0 aromatic rings. The Morgan fingerprint density at radius 1 is 1.54 bits per heavy atom. The first kappa shape index (κ1) is 11.1. The van der Waals surface area contributed by atoms with Crippen LogP contribution in [0.2, 0.25) is 0 Å². The third kappa shape index (κ3) is 3.35. The predicted octanol–water partition coefficient (Wildman–Crippen LogP) is 2.83. The molecule has 1 rings (SSSR count). The first-order chi connectivity index (χ1) is 6.27. The van der Waals surface area contributed by atoms with E-state index in [0.29, 0.717) is 12.1 Å². The summed E-state index contributed by atoms with van der Waals surface area (Å²) < 4.78 is 0. The van der Waals surface area contributed by atoms with E-state index in [0.717, 1.165) is 0 Å². The SMILES string of the molecule is C=C1C[C@H](CCC)N[C@H]1CCSC. The van der Waals surface area contributed by atoms with Crippen molar-refractivity contribution < 1.29 is 0 Å². The predicted molar refractivity (Wildman–Crippen MR) is 62.4 cm³/mol. The molecule has 76 valence electrons. The smallest absolute Gasteiger partial charge is 0.0287 e. The van der Waals surface area contributed by atoms with Gasteiger partial charge in [-0.15, -0.1) is 0 Å². The lowest BCUT2D eigenvalue weighted by Crippen LogP contribution is -2.29. The van der Waals surface area contributed by atoms with Gasteiger partial charge < -0.3 is 5.32 Å². The number of nitrogens with one attached hydrogen (secondary N) is 1. The Morgan fingerprint density at radius 2 is 2.31 bits per heavy atom. The van der Waals surface area contributed by atoms with Crippen molar-refractivity contribution in [2.45, 2.75) is 44.7 Å². The molecule has 1 aliphatic rings. The molecule has 0 aromatic heterocycles. The van der Waals surface area contributed by atoms with E-state index in [9.17, 15) is 0 Å². The van der Waals surface area contributed by atoms with E-state index in [4.69, 9.17) is 0 Å². The zero-order chi connectivity index (χ0) is 9.68. The second-order valence-corrected chi connectivity index (χ2v) is 4.83. The first-order valence-corrected chi connectivity index (χ1v) is 6.60.